The third-order valence-electron chi connectivity index (χ3n) is 5.76. The first-order valence-corrected chi connectivity index (χ1v) is 12.7. The molecule has 0 bridgehead atoms. The number of amides is 1. The Hall–Kier alpha value is -2.54. The molecule has 1 amide bonds. The van der Waals surface area contributed by atoms with Crippen molar-refractivity contribution in [2.24, 2.45) is 0 Å². The Balaban J connectivity index is 2.38. The minimum absolute atomic E-state index is 0.260. The van der Waals surface area contributed by atoms with Gasteiger partial charge in [0.2, 0.25) is 15.9 Å². The van der Waals surface area contributed by atoms with Crippen LogP contribution in [0, 0.1) is 20.8 Å². The van der Waals surface area contributed by atoms with Crippen molar-refractivity contribution in [3.63, 3.8) is 0 Å². The zero-order valence-electron chi connectivity index (χ0n) is 20.6. The van der Waals surface area contributed by atoms with Gasteiger partial charge in [0.05, 0.1) is 25.1 Å². The van der Waals surface area contributed by atoms with Crippen LogP contribution in [0.5, 0.6) is 5.75 Å². The Labute approximate surface area is 193 Å². The minimum atomic E-state index is -3.68. The number of anilines is 1. The Kier molecular flexibility index (Phi) is 7.99. The number of rotatable bonds is 8. The molecular weight excluding hydrogens is 424 g/mol. The van der Waals surface area contributed by atoms with Gasteiger partial charge >= 0.3 is 0 Å². The summed E-state index contributed by atoms with van der Waals surface area (Å²) in [5.74, 6) is 0.729. The summed E-state index contributed by atoms with van der Waals surface area (Å²) in [6, 6.07) is 8.43. The van der Waals surface area contributed by atoms with Gasteiger partial charge in [-0.1, -0.05) is 26.0 Å². The molecule has 2 aromatic carbocycles. The van der Waals surface area contributed by atoms with Crippen LogP contribution in [0.1, 0.15) is 67.5 Å². The van der Waals surface area contributed by atoms with E-state index >= 15 is 0 Å². The quantitative estimate of drug-likeness (QED) is 0.615. The molecule has 32 heavy (non-hydrogen) atoms. The van der Waals surface area contributed by atoms with Crippen LogP contribution in [0.15, 0.2) is 30.3 Å². The average molecular weight is 461 g/mol. The van der Waals surface area contributed by atoms with Crippen molar-refractivity contribution in [3.05, 3.63) is 58.1 Å². The highest BCUT2D eigenvalue weighted by Crippen LogP contribution is 2.32. The largest absolute Gasteiger partial charge is 0.496 e. The van der Waals surface area contributed by atoms with Gasteiger partial charge in [0, 0.05) is 0 Å². The number of nitrogens with zero attached hydrogens (tertiary/aromatic N) is 1. The lowest BCUT2D eigenvalue weighted by Crippen LogP contribution is -2.48. The van der Waals surface area contributed by atoms with Crippen molar-refractivity contribution in [2.75, 3.05) is 17.7 Å². The molecule has 0 spiro atoms. The van der Waals surface area contributed by atoms with Gasteiger partial charge in [0.1, 0.15) is 11.8 Å². The molecule has 1 N–H and O–H groups in total. The Morgan fingerprint density at radius 2 is 1.59 bits per heavy atom. The highest BCUT2D eigenvalue weighted by Gasteiger charge is 2.31. The summed E-state index contributed by atoms with van der Waals surface area (Å²) in [5.41, 5.74) is 5.28. The van der Waals surface area contributed by atoms with Gasteiger partial charge in [-0.05, 0) is 86.6 Å². The molecule has 2 atom stereocenters. The van der Waals surface area contributed by atoms with Crippen molar-refractivity contribution in [1.82, 2.24) is 5.32 Å². The maximum Gasteiger partial charge on any atom is 0.244 e. The molecule has 0 fully saturated rings. The van der Waals surface area contributed by atoms with E-state index in [2.05, 4.69) is 25.2 Å². The molecule has 7 heteroatoms. The lowest BCUT2D eigenvalue weighted by Gasteiger charge is -2.31. The second-order valence-electron chi connectivity index (χ2n) is 8.86. The minimum Gasteiger partial charge on any atom is -0.496 e. The Bertz CT molecular complexity index is 1090. The summed E-state index contributed by atoms with van der Waals surface area (Å²) >= 11 is 0. The molecule has 2 rings (SSSR count). The zero-order valence-corrected chi connectivity index (χ0v) is 21.4. The van der Waals surface area contributed by atoms with E-state index in [1.54, 1.807) is 20.1 Å². The number of ether oxygens (including phenoxy) is 1. The second kappa shape index (κ2) is 9.94. The third-order valence-corrected chi connectivity index (χ3v) is 6.98. The molecule has 0 aliphatic rings. The monoisotopic (exact) mass is 460 g/mol. The summed E-state index contributed by atoms with van der Waals surface area (Å²) < 4.78 is 32.1. The van der Waals surface area contributed by atoms with Gasteiger partial charge in [-0.15, -0.1) is 0 Å². The first-order chi connectivity index (χ1) is 14.8. The number of methoxy groups -OCH3 is 1. The summed E-state index contributed by atoms with van der Waals surface area (Å²) in [6.45, 7) is 13.4. The molecule has 176 valence electrons. The van der Waals surface area contributed by atoms with E-state index in [-0.39, 0.29) is 17.9 Å². The lowest BCUT2D eigenvalue weighted by molar-refractivity contribution is -0.122. The number of nitrogens with one attached hydrogen (secondary N) is 1. The van der Waals surface area contributed by atoms with Crippen molar-refractivity contribution in [1.29, 1.82) is 0 Å². The molecule has 0 saturated carbocycles. The molecular formula is C25H36N2O4S. The number of carbonyl (C=O) groups excluding carboxylic acids is 1. The molecule has 2 aromatic rings. The van der Waals surface area contributed by atoms with E-state index in [0.29, 0.717) is 5.69 Å². The van der Waals surface area contributed by atoms with Crippen LogP contribution in [0.4, 0.5) is 5.69 Å². The summed E-state index contributed by atoms with van der Waals surface area (Å²) in [6.07, 6.45) is 1.13. The summed E-state index contributed by atoms with van der Waals surface area (Å²) in [5, 5.41) is 3.01. The van der Waals surface area contributed by atoms with Crippen molar-refractivity contribution >= 4 is 21.6 Å². The maximum atomic E-state index is 13.2. The number of carbonyl (C=O) groups is 1. The SMILES string of the molecule is COc1cc(C)c([C@@H](C)NC(=O)[C@@H](C)N(c2cc(C)ccc2C)S(C)(=O)=O)cc1C(C)C. The molecule has 0 unspecified atom stereocenters. The molecule has 0 aliphatic heterocycles. The van der Waals surface area contributed by atoms with E-state index in [0.717, 1.165) is 39.8 Å². The fourth-order valence-corrected chi connectivity index (χ4v) is 5.18. The van der Waals surface area contributed by atoms with Crippen molar-refractivity contribution in [3.8, 4) is 5.75 Å². The lowest BCUT2D eigenvalue weighted by atomic mass is 9.93. The first-order valence-electron chi connectivity index (χ1n) is 10.8. The molecule has 0 aliphatic carbocycles. The molecule has 0 radical (unpaired) electrons. The number of aryl methyl sites for hydroxylation is 3. The maximum absolute atomic E-state index is 13.2. The van der Waals surface area contributed by atoms with Crippen LogP contribution in [0.3, 0.4) is 0 Å². The van der Waals surface area contributed by atoms with Gasteiger partial charge in [-0.3, -0.25) is 9.10 Å². The van der Waals surface area contributed by atoms with Gasteiger partial charge in [-0.25, -0.2) is 8.42 Å². The highest BCUT2D eigenvalue weighted by molar-refractivity contribution is 7.92. The predicted molar refractivity (Wildman–Crippen MR) is 131 cm³/mol. The fraction of sp³-hybridized carbons (Fsp3) is 0.480. The van der Waals surface area contributed by atoms with Gasteiger partial charge in [0.25, 0.3) is 0 Å². The molecule has 0 saturated heterocycles. The fourth-order valence-electron chi connectivity index (χ4n) is 3.96. The van der Waals surface area contributed by atoms with E-state index < -0.39 is 16.1 Å². The Morgan fingerprint density at radius 1 is 0.969 bits per heavy atom. The van der Waals surface area contributed by atoms with E-state index in [4.69, 9.17) is 4.74 Å². The number of hydrogen-bond acceptors (Lipinski definition) is 4. The van der Waals surface area contributed by atoms with Gasteiger partial charge in [0.15, 0.2) is 0 Å². The summed E-state index contributed by atoms with van der Waals surface area (Å²) in [4.78, 5) is 13.2. The topological polar surface area (TPSA) is 75.7 Å². The van der Waals surface area contributed by atoms with Gasteiger partial charge < -0.3 is 10.1 Å². The van der Waals surface area contributed by atoms with Crippen molar-refractivity contribution in [2.45, 2.75) is 66.5 Å². The van der Waals surface area contributed by atoms with Gasteiger partial charge in [-0.2, -0.15) is 0 Å². The second-order valence-corrected chi connectivity index (χ2v) is 10.7. The van der Waals surface area contributed by atoms with Crippen LogP contribution in [0.25, 0.3) is 0 Å². The molecule has 6 nitrogen and oxygen atoms in total. The summed E-state index contributed by atoms with van der Waals surface area (Å²) in [7, 11) is -2.03. The first kappa shape index (κ1) is 25.7. The normalized spacial score (nSPS) is 13.6. The predicted octanol–water partition coefficient (Wildman–Crippen LogP) is 4.78. The number of benzene rings is 2. The van der Waals surface area contributed by atoms with Crippen LogP contribution in [0.2, 0.25) is 0 Å². The zero-order chi connectivity index (χ0) is 24.4. The highest BCUT2D eigenvalue weighted by atomic mass is 32.2. The van der Waals surface area contributed by atoms with Crippen LogP contribution < -0.4 is 14.4 Å². The van der Waals surface area contributed by atoms with E-state index in [1.165, 1.54) is 4.31 Å². The molecule has 0 aromatic heterocycles. The molecule has 0 heterocycles. The standard InChI is InChI=1S/C25H36N2O4S/c1-15(2)21-14-22(18(5)13-24(21)31-8)19(6)26-25(28)20(7)27(32(9,29)30)23-12-16(3)10-11-17(23)4/h10-15,19-20H,1-9H3,(H,26,28)/t19-,20-/m1/s1. The Morgan fingerprint density at radius 3 is 2.12 bits per heavy atom. The smallest absolute Gasteiger partial charge is 0.244 e. The van der Waals surface area contributed by atoms with E-state index in [1.807, 2.05) is 45.9 Å². The van der Waals surface area contributed by atoms with Crippen LogP contribution in [-0.2, 0) is 14.8 Å². The van der Waals surface area contributed by atoms with E-state index in [9.17, 15) is 13.2 Å². The van der Waals surface area contributed by atoms with Crippen LogP contribution >= 0.6 is 0 Å². The van der Waals surface area contributed by atoms with Crippen LogP contribution in [-0.4, -0.2) is 33.7 Å². The third kappa shape index (κ3) is 5.63. The number of hydrogen-bond donors (Lipinski definition) is 1. The average Bonchev–Trinajstić information content (AvgIpc) is 2.68. The number of sulfonamides is 1. The van der Waals surface area contributed by atoms with Crippen molar-refractivity contribution < 1.29 is 17.9 Å².